The Labute approximate surface area is 211 Å². The first-order chi connectivity index (χ1) is 17.6. The van der Waals surface area contributed by atoms with Gasteiger partial charge in [0.25, 0.3) is 0 Å². The van der Waals surface area contributed by atoms with E-state index in [1.807, 2.05) is 48.6 Å². The number of carbonyl (C=O) groups excluding carboxylic acids is 1. The number of aryl methyl sites for hydroxylation is 1. The van der Waals surface area contributed by atoms with Gasteiger partial charge in [-0.1, -0.05) is 90.5 Å². The molecule has 3 aliphatic rings. The second-order valence-corrected chi connectivity index (χ2v) is 10.3. The smallest absolute Gasteiger partial charge is 0.149 e. The molecule has 4 heteroatoms. The summed E-state index contributed by atoms with van der Waals surface area (Å²) in [6, 6.07) is 25.2. The summed E-state index contributed by atoms with van der Waals surface area (Å²) >= 11 is 0. The first-order valence-corrected chi connectivity index (χ1v) is 12.6. The molecule has 4 nitrogen and oxygen atoms in total. The third-order valence-corrected chi connectivity index (χ3v) is 8.34. The van der Waals surface area contributed by atoms with Crippen molar-refractivity contribution in [3.63, 3.8) is 0 Å². The van der Waals surface area contributed by atoms with E-state index in [4.69, 9.17) is 9.97 Å². The van der Waals surface area contributed by atoms with Crippen LogP contribution in [0.5, 0.6) is 0 Å². The quantitative estimate of drug-likeness (QED) is 0.379. The zero-order chi connectivity index (χ0) is 24.4. The van der Waals surface area contributed by atoms with Crippen LogP contribution >= 0.6 is 0 Å². The molecule has 3 aromatic carbocycles. The van der Waals surface area contributed by atoms with E-state index in [1.54, 1.807) is 0 Å². The Morgan fingerprint density at radius 2 is 1.56 bits per heavy atom. The predicted molar refractivity (Wildman–Crippen MR) is 143 cm³/mol. The Morgan fingerprint density at radius 3 is 2.31 bits per heavy atom. The first-order valence-electron chi connectivity index (χ1n) is 12.6. The van der Waals surface area contributed by atoms with Gasteiger partial charge < -0.3 is 0 Å². The van der Waals surface area contributed by atoms with E-state index in [0.717, 1.165) is 40.1 Å². The number of benzene rings is 3. The number of Topliss-reactive ketones (excluding diaryl/α,β-unsaturated/α-hetero) is 1. The summed E-state index contributed by atoms with van der Waals surface area (Å²) in [7, 11) is 2.15. The number of ketones is 1. The van der Waals surface area contributed by atoms with Gasteiger partial charge in [-0.15, -0.1) is 0 Å². The molecule has 36 heavy (non-hydrogen) atoms. The van der Waals surface area contributed by atoms with Crippen LogP contribution in [0.1, 0.15) is 28.3 Å². The SMILES string of the molecule is Cc1ccc([C@H]2CN(C)[C@@]3(c4ccccc4-c4nc5ccccc5nc43)[C@@H]2C(=O)C2C=CC=C2)cc1. The van der Waals surface area contributed by atoms with Gasteiger partial charge in [0.05, 0.1) is 34.3 Å². The molecule has 1 aliphatic heterocycles. The van der Waals surface area contributed by atoms with Gasteiger partial charge in [0, 0.05) is 18.0 Å². The average molecular weight is 470 g/mol. The zero-order valence-corrected chi connectivity index (χ0v) is 20.4. The van der Waals surface area contributed by atoms with Gasteiger partial charge in [-0.25, -0.2) is 9.97 Å². The fraction of sp³-hybridized carbons (Fsp3) is 0.219. The summed E-state index contributed by atoms with van der Waals surface area (Å²) in [4.78, 5) is 27.3. The number of likely N-dealkylation sites (tertiary alicyclic amines) is 1. The maximum Gasteiger partial charge on any atom is 0.149 e. The number of para-hydroxylation sites is 2. The number of hydrogen-bond acceptors (Lipinski definition) is 4. The highest BCUT2D eigenvalue weighted by Gasteiger charge is 2.63. The maximum atomic E-state index is 14.5. The van der Waals surface area contributed by atoms with Gasteiger partial charge in [0.2, 0.25) is 0 Å². The van der Waals surface area contributed by atoms with Gasteiger partial charge in [0.15, 0.2) is 0 Å². The van der Waals surface area contributed by atoms with Gasteiger partial charge in [-0.2, -0.15) is 0 Å². The number of nitrogens with zero attached hydrogens (tertiary/aromatic N) is 3. The third kappa shape index (κ3) is 2.82. The van der Waals surface area contributed by atoms with Gasteiger partial charge in [-0.3, -0.25) is 9.69 Å². The third-order valence-electron chi connectivity index (χ3n) is 8.34. The zero-order valence-electron chi connectivity index (χ0n) is 20.4. The normalized spacial score (nSPS) is 24.6. The number of carbonyl (C=O) groups is 1. The monoisotopic (exact) mass is 469 g/mol. The Morgan fingerprint density at radius 1 is 0.889 bits per heavy atom. The molecule has 0 N–H and O–H groups in total. The molecule has 7 rings (SSSR count). The van der Waals surface area contributed by atoms with Crippen molar-refractivity contribution in [2.45, 2.75) is 18.4 Å². The molecular formula is C32H27N3O. The molecule has 1 fully saturated rings. The van der Waals surface area contributed by atoms with Gasteiger partial charge in [0.1, 0.15) is 11.3 Å². The number of aromatic nitrogens is 2. The minimum Gasteiger partial charge on any atom is -0.298 e. The molecule has 1 aromatic heterocycles. The summed E-state index contributed by atoms with van der Waals surface area (Å²) in [5.41, 5.74) is 7.51. The Balaban J connectivity index is 1.53. The van der Waals surface area contributed by atoms with E-state index in [2.05, 4.69) is 67.4 Å². The van der Waals surface area contributed by atoms with Crippen LogP contribution in [0.15, 0.2) is 97.1 Å². The number of likely N-dealkylation sites (N-methyl/N-ethyl adjacent to an activating group) is 1. The van der Waals surface area contributed by atoms with Crippen LogP contribution in [-0.2, 0) is 10.3 Å². The van der Waals surface area contributed by atoms with Crippen LogP contribution in [0.25, 0.3) is 22.3 Å². The average Bonchev–Trinajstić information content (AvgIpc) is 3.61. The highest BCUT2D eigenvalue weighted by molar-refractivity contribution is 5.94. The predicted octanol–water partition coefficient (Wildman–Crippen LogP) is 5.82. The molecule has 176 valence electrons. The van der Waals surface area contributed by atoms with Crippen molar-refractivity contribution in [3.05, 3.63) is 119 Å². The van der Waals surface area contributed by atoms with E-state index in [-0.39, 0.29) is 23.5 Å². The fourth-order valence-electron chi connectivity index (χ4n) is 6.72. The largest absolute Gasteiger partial charge is 0.298 e. The standard InChI is InChI=1S/C32H27N3O/c1-20-15-17-21(18-16-20)24-19-35(2)32(28(24)30(36)22-9-3-4-10-22)25-12-6-5-11-23(25)29-31(32)34-27-14-8-7-13-26(27)33-29/h3-18,22,24,28H,19H2,1-2H3/t24-,28+,32+/m1/s1. The van der Waals surface area contributed by atoms with Crippen molar-refractivity contribution in [1.29, 1.82) is 0 Å². The molecule has 0 amide bonds. The molecular weight excluding hydrogens is 442 g/mol. The van der Waals surface area contributed by atoms with Gasteiger partial charge >= 0.3 is 0 Å². The van der Waals surface area contributed by atoms with Crippen LogP contribution in [0.4, 0.5) is 0 Å². The molecule has 2 heterocycles. The van der Waals surface area contributed by atoms with Crippen LogP contribution in [0, 0.1) is 18.8 Å². The molecule has 3 atom stereocenters. The van der Waals surface area contributed by atoms with Crippen molar-refractivity contribution in [1.82, 2.24) is 14.9 Å². The Hall–Kier alpha value is -3.89. The summed E-state index contributed by atoms with van der Waals surface area (Å²) in [5.74, 6) is -0.248. The lowest BCUT2D eigenvalue weighted by molar-refractivity contribution is -0.126. The van der Waals surface area contributed by atoms with Crippen molar-refractivity contribution in [2.75, 3.05) is 13.6 Å². The minimum absolute atomic E-state index is 0.0396. The lowest BCUT2D eigenvalue weighted by Crippen LogP contribution is -2.47. The van der Waals surface area contributed by atoms with E-state index >= 15 is 0 Å². The minimum atomic E-state index is -0.681. The van der Waals surface area contributed by atoms with E-state index in [1.165, 1.54) is 11.1 Å². The fourth-order valence-corrected chi connectivity index (χ4v) is 6.72. The Bertz CT molecular complexity index is 1570. The highest BCUT2D eigenvalue weighted by atomic mass is 16.1. The lowest BCUT2D eigenvalue weighted by Gasteiger charge is -2.39. The van der Waals surface area contributed by atoms with Gasteiger partial charge in [-0.05, 0) is 37.2 Å². The topological polar surface area (TPSA) is 46.1 Å². The van der Waals surface area contributed by atoms with Crippen LogP contribution in [0.3, 0.4) is 0 Å². The second-order valence-electron chi connectivity index (χ2n) is 10.3. The van der Waals surface area contributed by atoms with E-state index in [9.17, 15) is 4.79 Å². The molecule has 0 unspecified atom stereocenters. The molecule has 0 radical (unpaired) electrons. The number of fused-ring (bicyclic) bond motifs is 6. The molecule has 4 aromatic rings. The number of hydrogen-bond donors (Lipinski definition) is 0. The van der Waals surface area contributed by atoms with Crippen LogP contribution in [-0.4, -0.2) is 34.2 Å². The number of rotatable bonds is 3. The van der Waals surface area contributed by atoms with Crippen molar-refractivity contribution in [3.8, 4) is 11.3 Å². The molecule has 1 saturated heterocycles. The molecule has 0 saturated carbocycles. The van der Waals surface area contributed by atoms with Crippen LogP contribution in [0.2, 0.25) is 0 Å². The van der Waals surface area contributed by atoms with Crippen molar-refractivity contribution >= 4 is 16.8 Å². The number of allylic oxidation sites excluding steroid dienone is 4. The van der Waals surface area contributed by atoms with E-state index < -0.39 is 5.54 Å². The highest BCUT2D eigenvalue weighted by Crippen LogP contribution is 2.60. The first kappa shape index (κ1) is 21.4. The van der Waals surface area contributed by atoms with Crippen molar-refractivity contribution < 1.29 is 4.79 Å². The van der Waals surface area contributed by atoms with Crippen LogP contribution < -0.4 is 0 Å². The lowest BCUT2D eigenvalue weighted by atomic mass is 9.69. The molecule has 2 aliphatic carbocycles. The van der Waals surface area contributed by atoms with E-state index in [0.29, 0.717) is 0 Å². The second kappa shape index (κ2) is 7.81. The van der Waals surface area contributed by atoms with Crippen molar-refractivity contribution in [2.24, 2.45) is 11.8 Å². The molecule has 1 spiro atoms. The summed E-state index contributed by atoms with van der Waals surface area (Å²) in [6.45, 7) is 2.87. The summed E-state index contributed by atoms with van der Waals surface area (Å²) in [5, 5.41) is 0. The maximum absolute atomic E-state index is 14.5. The Kier molecular flexibility index (Phi) is 4.64. The summed E-state index contributed by atoms with van der Waals surface area (Å²) < 4.78 is 0. The summed E-state index contributed by atoms with van der Waals surface area (Å²) in [6.07, 6.45) is 8.01. The molecule has 0 bridgehead atoms.